The maximum atomic E-state index is 11.0. The lowest BCUT2D eigenvalue weighted by molar-refractivity contribution is 0.0697. The average Bonchev–Trinajstić information content (AvgIpc) is 3.05. The van der Waals surface area contributed by atoms with Crippen molar-refractivity contribution >= 4 is 5.97 Å². The lowest BCUT2D eigenvalue weighted by Gasteiger charge is -2.04. The summed E-state index contributed by atoms with van der Waals surface area (Å²) in [6, 6.07) is 12.4. The highest BCUT2D eigenvalue weighted by atomic mass is 16.5. The zero-order chi connectivity index (χ0) is 16.1. The van der Waals surface area contributed by atoms with Crippen LogP contribution in [-0.4, -0.2) is 37.7 Å². The van der Waals surface area contributed by atoms with Crippen LogP contribution in [0.4, 0.5) is 0 Å². The smallest absolute Gasteiger partial charge is 0.335 e. The van der Waals surface area contributed by atoms with Gasteiger partial charge in [0.2, 0.25) is 0 Å². The molecule has 0 aliphatic heterocycles. The van der Waals surface area contributed by atoms with Gasteiger partial charge in [0.25, 0.3) is 0 Å². The van der Waals surface area contributed by atoms with Crippen molar-refractivity contribution in [2.24, 2.45) is 0 Å². The number of para-hydroxylation sites is 1. The highest BCUT2D eigenvalue weighted by molar-refractivity contribution is 5.88. The summed E-state index contributed by atoms with van der Waals surface area (Å²) in [6.45, 7) is 0.982. The molecule has 0 aliphatic carbocycles. The first kappa shape index (κ1) is 14.7. The average molecular weight is 310 g/mol. The van der Waals surface area contributed by atoms with Crippen LogP contribution in [0.2, 0.25) is 0 Å². The summed E-state index contributed by atoms with van der Waals surface area (Å²) < 4.78 is 7.23. The molecule has 2 aromatic heterocycles. The number of hydrogen-bond donors (Lipinski definition) is 1. The van der Waals surface area contributed by atoms with Gasteiger partial charge in [0.05, 0.1) is 24.0 Å². The Morgan fingerprint density at radius 1 is 1.17 bits per heavy atom. The molecule has 7 nitrogen and oxygen atoms in total. The molecular formula is C16H14N4O3. The molecule has 116 valence electrons. The molecule has 1 aromatic carbocycles. The normalized spacial score (nSPS) is 10.4. The molecular weight excluding hydrogens is 296 g/mol. The number of ether oxygens (including phenoxy) is 1. The van der Waals surface area contributed by atoms with Gasteiger partial charge in [0, 0.05) is 6.20 Å². The third-order valence-corrected chi connectivity index (χ3v) is 3.14. The summed E-state index contributed by atoms with van der Waals surface area (Å²) in [5.41, 5.74) is 1.16. The van der Waals surface area contributed by atoms with Crippen molar-refractivity contribution in [3.05, 3.63) is 60.4 Å². The molecule has 2 heterocycles. The van der Waals surface area contributed by atoms with Gasteiger partial charge in [-0.3, -0.25) is 4.98 Å². The number of aromatic carboxylic acids is 1. The molecule has 7 heteroatoms. The van der Waals surface area contributed by atoms with Gasteiger partial charge in [-0.05, 0) is 24.3 Å². The standard InChI is InChI=1S/C16H14N4O3/c21-16(22)12-6-7-17-14(10-12)15-11-20(19-18-15)8-9-23-13-4-2-1-3-5-13/h1-7,10-11H,8-9H2,(H,21,22). The molecule has 0 amide bonds. The molecule has 0 saturated carbocycles. The van der Waals surface area contributed by atoms with E-state index < -0.39 is 5.97 Å². The lowest BCUT2D eigenvalue weighted by atomic mass is 10.2. The van der Waals surface area contributed by atoms with Crippen LogP contribution in [0.15, 0.2) is 54.9 Å². The molecule has 1 N–H and O–H groups in total. The summed E-state index contributed by atoms with van der Waals surface area (Å²) in [7, 11) is 0. The van der Waals surface area contributed by atoms with Gasteiger partial charge >= 0.3 is 5.97 Å². The van der Waals surface area contributed by atoms with Crippen molar-refractivity contribution in [3.63, 3.8) is 0 Å². The Morgan fingerprint density at radius 3 is 2.78 bits per heavy atom. The monoisotopic (exact) mass is 310 g/mol. The van der Waals surface area contributed by atoms with Gasteiger partial charge in [0.1, 0.15) is 18.1 Å². The van der Waals surface area contributed by atoms with Crippen LogP contribution in [0.3, 0.4) is 0 Å². The van der Waals surface area contributed by atoms with E-state index in [1.807, 2.05) is 30.3 Å². The van der Waals surface area contributed by atoms with Crippen molar-refractivity contribution in [1.29, 1.82) is 0 Å². The molecule has 0 radical (unpaired) electrons. The second-order valence-corrected chi connectivity index (χ2v) is 4.76. The van der Waals surface area contributed by atoms with Gasteiger partial charge in [0.15, 0.2) is 0 Å². The van der Waals surface area contributed by atoms with Crippen molar-refractivity contribution in [1.82, 2.24) is 20.0 Å². The van der Waals surface area contributed by atoms with E-state index in [9.17, 15) is 4.79 Å². The second-order valence-electron chi connectivity index (χ2n) is 4.76. The van der Waals surface area contributed by atoms with E-state index in [2.05, 4.69) is 15.3 Å². The SMILES string of the molecule is O=C(O)c1ccnc(-c2cn(CCOc3ccccc3)nn2)c1. The Morgan fingerprint density at radius 2 is 2.00 bits per heavy atom. The summed E-state index contributed by atoms with van der Waals surface area (Å²) in [6.07, 6.45) is 3.15. The second kappa shape index (κ2) is 6.69. The molecule has 0 saturated heterocycles. The third-order valence-electron chi connectivity index (χ3n) is 3.14. The van der Waals surface area contributed by atoms with E-state index >= 15 is 0 Å². The van der Waals surface area contributed by atoms with Crippen LogP contribution in [0.5, 0.6) is 5.75 Å². The highest BCUT2D eigenvalue weighted by Gasteiger charge is 2.09. The van der Waals surface area contributed by atoms with E-state index in [0.29, 0.717) is 24.5 Å². The van der Waals surface area contributed by atoms with Crippen LogP contribution in [0, 0.1) is 0 Å². The first-order valence-corrected chi connectivity index (χ1v) is 7.00. The fourth-order valence-corrected chi connectivity index (χ4v) is 2.00. The maximum Gasteiger partial charge on any atom is 0.335 e. The Bertz CT molecular complexity index is 802. The van der Waals surface area contributed by atoms with E-state index in [-0.39, 0.29) is 5.56 Å². The number of benzene rings is 1. The number of nitrogens with zero attached hydrogens (tertiary/aromatic N) is 4. The minimum Gasteiger partial charge on any atom is -0.492 e. The number of carboxylic acids is 1. The zero-order valence-corrected chi connectivity index (χ0v) is 12.2. The Kier molecular flexibility index (Phi) is 4.28. The fourth-order valence-electron chi connectivity index (χ4n) is 2.00. The number of carboxylic acid groups (broad SMARTS) is 1. The number of hydrogen-bond acceptors (Lipinski definition) is 5. The Balaban J connectivity index is 1.64. The molecule has 0 aliphatic rings. The molecule has 0 unspecified atom stereocenters. The molecule has 3 aromatic rings. The summed E-state index contributed by atoms with van der Waals surface area (Å²) in [5.74, 6) is -0.207. The minimum absolute atomic E-state index is 0.164. The molecule has 3 rings (SSSR count). The van der Waals surface area contributed by atoms with E-state index in [4.69, 9.17) is 9.84 Å². The Hall–Kier alpha value is -3.22. The van der Waals surface area contributed by atoms with Crippen LogP contribution < -0.4 is 4.74 Å². The number of aromatic nitrogens is 4. The van der Waals surface area contributed by atoms with Crippen LogP contribution in [-0.2, 0) is 6.54 Å². The predicted molar refractivity (Wildman–Crippen MR) is 82.1 cm³/mol. The molecule has 0 bridgehead atoms. The van der Waals surface area contributed by atoms with Crippen molar-refractivity contribution in [2.45, 2.75) is 6.54 Å². The summed E-state index contributed by atoms with van der Waals surface area (Å²) in [5, 5.41) is 17.0. The first-order valence-electron chi connectivity index (χ1n) is 7.00. The summed E-state index contributed by atoms with van der Waals surface area (Å²) in [4.78, 5) is 15.1. The molecule has 0 fully saturated rings. The number of pyridine rings is 1. The zero-order valence-electron chi connectivity index (χ0n) is 12.2. The highest BCUT2D eigenvalue weighted by Crippen LogP contribution is 2.15. The topological polar surface area (TPSA) is 90.1 Å². The number of rotatable bonds is 6. The quantitative estimate of drug-likeness (QED) is 0.750. The van der Waals surface area contributed by atoms with Gasteiger partial charge in [-0.2, -0.15) is 0 Å². The summed E-state index contributed by atoms with van der Waals surface area (Å²) >= 11 is 0. The van der Waals surface area contributed by atoms with Gasteiger partial charge in [-0.1, -0.05) is 23.4 Å². The fraction of sp³-hybridized carbons (Fsp3) is 0.125. The lowest BCUT2D eigenvalue weighted by Crippen LogP contribution is -2.08. The van der Waals surface area contributed by atoms with Gasteiger partial charge in [-0.25, -0.2) is 9.48 Å². The van der Waals surface area contributed by atoms with Crippen molar-refractivity contribution < 1.29 is 14.6 Å². The largest absolute Gasteiger partial charge is 0.492 e. The molecule has 0 spiro atoms. The minimum atomic E-state index is -1.00. The van der Waals surface area contributed by atoms with Crippen LogP contribution in [0.25, 0.3) is 11.4 Å². The number of carbonyl (C=O) groups is 1. The van der Waals surface area contributed by atoms with Crippen molar-refractivity contribution in [2.75, 3.05) is 6.61 Å². The van der Waals surface area contributed by atoms with E-state index in [1.165, 1.54) is 18.3 Å². The molecule has 23 heavy (non-hydrogen) atoms. The predicted octanol–water partition coefficient (Wildman–Crippen LogP) is 2.12. The maximum absolute atomic E-state index is 11.0. The van der Waals surface area contributed by atoms with Crippen molar-refractivity contribution in [3.8, 4) is 17.1 Å². The van der Waals surface area contributed by atoms with Gasteiger partial charge in [-0.15, -0.1) is 5.10 Å². The third kappa shape index (κ3) is 3.70. The molecule has 0 atom stereocenters. The van der Waals surface area contributed by atoms with Crippen LogP contribution in [0.1, 0.15) is 10.4 Å². The Labute approximate surface area is 132 Å². The first-order chi connectivity index (χ1) is 11.2. The van der Waals surface area contributed by atoms with Gasteiger partial charge < -0.3 is 9.84 Å². The van der Waals surface area contributed by atoms with E-state index in [0.717, 1.165) is 5.75 Å². The van der Waals surface area contributed by atoms with Crippen LogP contribution >= 0.6 is 0 Å². The van der Waals surface area contributed by atoms with E-state index in [1.54, 1.807) is 10.9 Å².